The molecule has 5 atom stereocenters. The van der Waals surface area contributed by atoms with E-state index in [4.69, 9.17) is 14.6 Å². The Hall–Kier alpha value is -2.40. The van der Waals surface area contributed by atoms with Crippen LogP contribution >= 0.6 is 0 Å². The first-order valence-corrected chi connectivity index (χ1v) is 11.2. The molecule has 0 amide bonds. The van der Waals surface area contributed by atoms with Crippen LogP contribution in [0.2, 0.25) is 0 Å². The number of carbonyl (C=O) groups excluding carboxylic acids is 1. The number of fused-ring (bicyclic) bond motifs is 4. The fourth-order valence-corrected chi connectivity index (χ4v) is 6.19. The highest BCUT2D eigenvalue weighted by Crippen LogP contribution is 2.63. The Labute approximate surface area is 184 Å². The van der Waals surface area contributed by atoms with Gasteiger partial charge in [0.25, 0.3) is 0 Å². The van der Waals surface area contributed by atoms with Crippen molar-refractivity contribution in [3.05, 3.63) is 46.5 Å². The van der Waals surface area contributed by atoms with Gasteiger partial charge in [0.05, 0.1) is 11.7 Å². The molecule has 4 rings (SSSR count). The maximum absolute atomic E-state index is 12.0. The molecule has 1 aromatic rings. The van der Waals surface area contributed by atoms with Gasteiger partial charge in [0, 0.05) is 30.4 Å². The molecule has 1 aliphatic carbocycles. The molecule has 2 fully saturated rings. The molecule has 31 heavy (non-hydrogen) atoms. The molecule has 0 aromatic heterocycles. The predicted octanol–water partition coefficient (Wildman–Crippen LogP) is 5.35. The third kappa shape index (κ3) is 3.63. The van der Waals surface area contributed by atoms with Crippen molar-refractivity contribution in [3.8, 4) is 5.75 Å². The zero-order chi connectivity index (χ0) is 22.5. The van der Waals surface area contributed by atoms with Crippen LogP contribution in [0.4, 0.5) is 0 Å². The number of hydrogen-bond acceptors (Lipinski definition) is 4. The molecule has 0 unspecified atom stereocenters. The van der Waals surface area contributed by atoms with E-state index in [-0.39, 0.29) is 23.6 Å². The fraction of sp³-hybridized carbons (Fsp3) is 0.538. The molecule has 5 nitrogen and oxygen atoms in total. The predicted molar refractivity (Wildman–Crippen MR) is 119 cm³/mol. The van der Waals surface area contributed by atoms with E-state index in [9.17, 15) is 9.59 Å². The topological polar surface area (TPSA) is 72.8 Å². The van der Waals surface area contributed by atoms with Crippen LogP contribution in [-0.2, 0) is 14.3 Å². The molecule has 1 aromatic carbocycles. The third-order valence-electron chi connectivity index (χ3n) is 7.47. The summed E-state index contributed by atoms with van der Waals surface area (Å²) in [4.78, 5) is 22.9. The van der Waals surface area contributed by atoms with Crippen molar-refractivity contribution in [1.29, 1.82) is 0 Å². The first-order chi connectivity index (χ1) is 14.6. The summed E-state index contributed by atoms with van der Waals surface area (Å²) in [6, 6.07) is 5.67. The van der Waals surface area contributed by atoms with E-state index < -0.39 is 5.97 Å². The minimum absolute atomic E-state index is 0.0213. The first-order valence-electron chi connectivity index (χ1n) is 11.2. The highest BCUT2D eigenvalue weighted by atomic mass is 16.5. The Morgan fingerprint density at radius 3 is 2.71 bits per heavy atom. The molecule has 0 spiro atoms. The third-order valence-corrected chi connectivity index (χ3v) is 7.47. The number of allylic oxidation sites excluding steroid dienone is 1. The second-order valence-corrected chi connectivity index (χ2v) is 9.75. The Morgan fingerprint density at radius 2 is 2.06 bits per heavy atom. The number of carbonyl (C=O) groups is 2. The van der Waals surface area contributed by atoms with Crippen LogP contribution in [0.25, 0.3) is 6.08 Å². The van der Waals surface area contributed by atoms with E-state index in [0.29, 0.717) is 29.1 Å². The Morgan fingerprint density at radius 1 is 1.32 bits per heavy atom. The van der Waals surface area contributed by atoms with Crippen molar-refractivity contribution in [3.63, 3.8) is 0 Å². The van der Waals surface area contributed by atoms with Crippen molar-refractivity contribution < 1.29 is 24.2 Å². The molecule has 2 aliphatic heterocycles. The lowest BCUT2D eigenvalue weighted by atomic mass is 9.67. The Balaban J connectivity index is 1.90. The van der Waals surface area contributed by atoms with Crippen molar-refractivity contribution in [1.82, 2.24) is 0 Å². The fourth-order valence-electron chi connectivity index (χ4n) is 6.19. The quantitative estimate of drug-likeness (QED) is 0.298. The minimum Gasteiger partial charge on any atom is -0.478 e. The van der Waals surface area contributed by atoms with Gasteiger partial charge in [0.1, 0.15) is 5.75 Å². The average molecular weight is 425 g/mol. The van der Waals surface area contributed by atoms with E-state index in [2.05, 4.69) is 27.7 Å². The summed E-state index contributed by atoms with van der Waals surface area (Å²) < 4.78 is 12.6. The maximum atomic E-state index is 12.0. The lowest BCUT2D eigenvalue weighted by Gasteiger charge is -2.48. The minimum atomic E-state index is -1.02. The summed E-state index contributed by atoms with van der Waals surface area (Å²) in [7, 11) is 0. The van der Waals surface area contributed by atoms with E-state index in [1.54, 1.807) is 6.07 Å². The van der Waals surface area contributed by atoms with Gasteiger partial charge in [-0.3, -0.25) is 4.79 Å². The second kappa shape index (κ2) is 7.94. The molecule has 2 bridgehead atoms. The van der Waals surface area contributed by atoms with Crippen LogP contribution in [0.5, 0.6) is 5.75 Å². The van der Waals surface area contributed by atoms with Crippen LogP contribution < -0.4 is 4.74 Å². The number of carboxylic acids is 1. The lowest BCUT2D eigenvalue weighted by Crippen LogP contribution is -2.48. The number of benzene rings is 1. The number of carboxylic acid groups (broad SMARTS) is 1. The van der Waals surface area contributed by atoms with Crippen LogP contribution in [0.15, 0.2) is 35.4 Å². The van der Waals surface area contributed by atoms with Gasteiger partial charge >= 0.3 is 11.9 Å². The summed E-state index contributed by atoms with van der Waals surface area (Å²) >= 11 is 0. The molecule has 0 radical (unpaired) electrons. The Kier molecular flexibility index (Phi) is 5.59. The standard InChI is InChI=1S/C26H32O5/c1-14(2)26-13-16(4)25(31-26)20-9-6-15(3)23(20)24(26)19-10-7-18(8-11-22(28)29)12-21(19)30-17(5)27/h7-8,10-12,14,16,20,24-25H,6,9,13H2,1-5H3,(H,28,29)/t16-,20-,24-,25+,26-/m1/s1. The van der Waals surface area contributed by atoms with Gasteiger partial charge < -0.3 is 14.6 Å². The number of ether oxygens (including phenoxy) is 2. The second-order valence-electron chi connectivity index (χ2n) is 9.75. The van der Waals surface area contributed by atoms with Gasteiger partial charge in [0.2, 0.25) is 0 Å². The van der Waals surface area contributed by atoms with Crippen LogP contribution in [0.1, 0.15) is 70.9 Å². The van der Waals surface area contributed by atoms with Gasteiger partial charge in [-0.05, 0) is 55.7 Å². The Bertz CT molecular complexity index is 972. The van der Waals surface area contributed by atoms with E-state index in [1.165, 1.54) is 24.1 Å². The molecule has 3 aliphatic rings. The average Bonchev–Trinajstić information content (AvgIpc) is 3.21. The summed E-state index contributed by atoms with van der Waals surface area (Å²) in [6.07, 6.45) is 6.04. The smallest absolute Gasteiger partial charge is 0.328 e. The molecular formula is C26H32O5. The van der Waals surface area contributed by atoms with Gasteiger partial charge in [-0.2, -0.15) is 0 Å². The summed E-state index contributed by atoms with van der Waals surface area (Å²) in [5, 5.41) is 8.98. The molecule has 1 N–H and O–H groups in total. The number of esters is 1. The normalized spacial score (nSPS) is 32.1. The largest absolute Gasteiger partial charge is 0.478 e. The van der Waals surface area contributed by atoms with Gasteiger partial charge in [-0.15, -0.1) is 0 Å². The maximum Gasteiger partial charge on any atom is 0.328 e. The molecule has 0 saturated carbocycles. The SMILES string of the molecule is CC(=O)Oc1cc(C=CC(=O)O)ccc1[C@@H]1C2=C(C)CC[C@H]2[C@H]2O[C@@]1(C(C)C)C[C@H]2C. The number of rotatable bonds is 5. The van der Waals surface area contributed by atoms with Crippen LogP contribution in [0.3, 0.4) is 0 Å². The zero-order valence-electron chi connectivity index (χ0n) is 19.0. The highest BCUT2D eigenvalue weighted by Gasteiger charge is 2.61. The van der Waals surface area contributed by atoms with Crippen molar-refractivity contribution in [2.45, 2.75) is 71.5 Å². The summed E-state index contributed by atoms with van der Waals surface area (Å²) in [5.41, 5.74) is 4.21. The number of hydrogen-bond donors (Lipinski definition) is 1. The lowest BCUT2D eigenvalue weighted by molar-refractivity contribution is -0.133. The molecule has 2 heterocycles. The first kappa shape index (κ1) is 21.8. The molecule has 5 heteroatoms. The van der Waals surface area contributed by atoms with Gasteiger partial charge in [-0.1, -0.05) is 44.1 Å². The van der Waals surface area contributed by atoms with Gasteiger partial charge in [-0.25, -0.2) is 4.79 Å². The van der Waals surface area contributed by atoms with Crippen molar-refractivity contribution in [2.75, 3.05) is 0 Å². The van der Waals surface area contributed by atoms with Crippen LogP contribution in [-0.4, -0.2) is 28.8 Å². The number of aliphatic carboxylic acids is 1. The summed E-state index contributed by atoms with van der Waals surface area (Å²) in [6.45, 7) is 10.4. The molecular weight excluding hydrogens is 392 g/mol. The van der Waals surface area contributed by atoms with Crippen molar-refractivity contribution in [2.24, 2.45) is 17.8 Å². The van der Waals surface area contributed by atoms with Crippen LogP contribution in [0, 0.1) is 17.8 Å². The van der Waals surface area contributed by atoms with Gasteiger partial charge in [0.15, 0.2) is 0 Å². The van der Waals surface area contributed by atoms with Crippen molar-refractivity contribution >= 4 is 18.0 Å². The van der Waals surface area contributed by atoms with E-state index in [0.717, 1.165) is 30.9 Å². The zero-order valence-corrected chi connectivity index (χ0v) is 19.0. The highest BCUT2D eigenvalue weighted by molar-refractivity contribution is 5.85. The summed E-state index contributed by atoms with van der Waals surface area (Å²) in [5.74, 6) is 0.300. The van der Waals surface area contributed by atoms with E-state index >= 15 is 0 Å². The monoisotopic (exact) mass is 424 g/mol. The molecule has 166 valence electrons. The van der Waals surface area contributed by atoms with E-state index in [1.807, 2.05) is 12.1 Å². The molecule has 2 saturated heterocycles.